The molecule has 0 bridgehead atoms. The van der Waals surface area contributed by atoms with Crippen LogP contribution in [-0.4, -0.2) is 16.1 Å². The van der Waals surface area contributed by atoms with Crippen LogP contribution in [0.5, 0.6) is 0 Å². The summed E-state index contributed by atoms with van der Waals surface area (Å²) >= 11 is 3.30. The number of rotatable bonds is 4. The SMILES string of the molecule is CCCC(C(=O)O)c1cc(Br)ccn1. The maximum absolute atomic E-state index is 10.9. The molecule has 0 saturated heterocycles. The lowest BCUT2D eigenvalue weighted by molar-refractivity contribution is -0.139. The third kappa shape index (κ3) is 2.80. The van der Waals surface area contributed by atoms with Crippen LogP contribution in [0.4, 0.5) is 0 Å². The summed E-state index contributed by atoms with van der Waals surface area (Å²) in [5.41, 5.74) is 0.619. The summed E-state index contributed by atoms with van der Waals surface area (Å²) < 4.78 is 0.866. The predicted octanol–water partition coefficient (Wildman–Crippen LogP) is 2.81. The first-order chi connectivity index (χ1) is 6.65. The lowest BCUT2D eigenvalue weighted by Gasteiger charge is -2.10. The van der Waals surface area contributed by atoms with Gasteiger partial charge in [-0.1, -0.05) is 29.3 Å². The number of carboxylic acid groups (broad SMARTS) is 1. The summed E-state index contributed by atoms with van der Waals surface area (Å²) in [5, 5.41) is 8.99. The summed E-state index contributed by atoms with van der Waals surface area (Å²) in [6, 6.07) is 3.54. The van der Waals surface area contributed by atoms with E-state index in [0.29, 0.717) is 12.1 Å². The van der Waals surface area contributed by atoms with E-state index in [1.165, 1.54) is 0 Å². The van der Waals surface area contributed by atoms with Crippen molar-refractivity contribution in [2.24, 2.45) is 0 Å². The molecule has 1 unspecified atom stereocenters. The number of aliphatic carboxylic acids is 1. The van der Waals surface area contributed by atoms with E-state index < -0.39 is 11.9 Å². The molecule has 0 amide bonds. The van der Waals surface area contributed by atoms with Gasteiger partial charge in [0, 0.05) is 10.7 Å². The number of pyridine rings is 1. The second kappa shape index (κ2) is 5.10. The van der Waals surface area contributed by atoms with Crippen LogP contribution in [0.3, 0.4) is 0 Å². The van der Waals surface area contributed by atoms with Crippen LogP contribution < -0.4 is 0 Å². The van der Waals surface area contributed by atoms with Crippen molar-refractivity contribution in [1.82, 2.24) is 4.98 Å². The molecule has 4 heteroatoms. The fourth-order valence-electron chi connectivity index (χ4n) is 1.30. The molecule has 1 aromatic rings. The van der Waals surface area contributed by atoms with Crippen molar-refractivity contribution in [3.8, 4) is 0 Å². The maximum atomic E-state index is 10.9. The van der Waals surface area contributed by atoms with E-state index in [-0.39, 0.29) is 0 Å². The first-order valence-corrected chi connectivity index (χ1v) is 5.28. The predicted molar refractivity (Wildman–Crippen MR) is 57.2 cm³/mol. The van der Waals surface area contributed by atoms with Crippen molar-refractivity contribution >= 4 is 21.9 Å². The highest BCUT2D eigenvalue weighted by molar-refractivity contribution is 9.10. The smallest absolute Gasteiger partial charge is 0.312 e. The van der Waals surface area contributed by atoms with Gasteiger partial charge >= 0.3 is 5.97 Å². The molecule has 3 nitrogen and oxygen atoms in total. The Morgan fingerprint density at radius 1 is 1.71 bits per heavy atom. The number of aromatic nitrogens is 1. The molecule has 0 aliphatic carbocycles. The number of carbonyl (C=O) groups is 1. The molecule has 0 aromatic carbocycles. The first kappa shape index (κ1) is 11.2. The van der Waals surface area contributed by atoms with Gasteiger partial charge < -0.3 is 5.11 Å². The van der Waals surface area contributed by atoms with Gasteiger partial charge in [-0.2, -0.15) is 0 Å². The molecule has 0 aliphatic heterocycles. The zero-order valence-corrected chi connectivity index (χ0v) is 9.49. The molecule has 1 N–H and O–H groups in total. The maximum Gasteiger partial charge on any atom is 0.312 e. The standard InChI is InChI=1S/C10H12BrNO2/c1-2-3-8(10(13)14)9-6-7(11)4-5-12-9/h4-6,8H,2-3H2,1H3,(H,13,14). The van der Waals surface area contributed by atoms with E-state index >= 15 is 0 Å². The zero-order valence-electron chi connectivity index (χ0n) is 7.90. The molecule has 0 saturated carbocycles. The Morgan fingerprint density at radius 3 is 2.93 bits per heavy atom. The van der Waals surface area contributed by atoms with Crippen molar-refractivity contribution in [2.45, 2.75) is 25.7 Å². The Kier molecular flexibility index (Phi) is 4.07. The fraction of sp³-hybridized carbons (Fsp3) is 0.400. The Bertz CT molecular complexity index is 328. The van der Waals surface area contributed by atoms with Gasteiger partial charge in [-0.25, -0.2) is 0 Å². The average Bonchev–Trinajstić information content (AvgIpc) is 2.13. The van der Waals surface area contributed by atoms with Crippen LogP contribution in [0.2, 0.25) is 0 Å². The van der Waals surface area contributed by atoms with Gasteiger partial charge in [0.05, 0.1) is 11.6 Å². The van der Waals surface area contributed by atoms with E-state index in [2.05, 4.69) is 20.9 Å². The molecule has 0 fully saturated rings. The van der Waals surface area contributed by atoms with Crippen molar-refractivity contribution in [3.63, 3.8) is 0 Å². The van der Waals surface area contributed by atoms with Crippen LogP contribution >= 0.6 is 15.9 Å². The molecule has 0 radical (unpaired) electrons. The lowest BCUT2D eigenvalue weighted by atomic mass is 9.99. The van der Waals surface area contributed by atoms with Crippen LogP contribution in [0, 0.1) is 0 Å². The number of hydrogen-bond acceptors (Lipinski definition) is 2. The van der Waals surface area contributed by atoms with Gasteiger partial charge in [-0.15, -0.1) is 0 Å². The van der Waals surface area contributed by atoms with Gasteiger partial charge in [0.1, 0.15) is 0 Å². The quantitative estimate of drug-likeness (QED) is 0.903. The van der Waals surface area contributed by atoms with Crippen molar-refractivity contribution in [2.75, 3.05) is 0 Å². The minimum Gasteiger partial charge on any atom is -0.481 e. The Labute approximate surface area is 91.3 Å². The van der Waals surface area contributed by atoms with Crippen LogP contribution in [-0.2, 0) is 4.79 Å². The van der Waals surface area contributed by atoms with E-state index in [1.807, 2.05) is 6.92 Å². The van der Waals surface area contributed by atoms with Crippen LogP contribution in [0.25, 0.3) is 0 Å². The molecular weight excluding hydrogens is 246 g/mol. The monoisotopic (exact) mass is 257 g/mol. The summed E-state index contributed by atoms with van der Waals surface area (Å²) in [6.07, 6.45) is 3.08. The summed E-state index contributed by atoms with van der Waals surface area (Å²) in [5.74, 6) is -1.30. The highest BCUT2D eigenvalue weighted by Gasteiger charge is 2.19. The van der Waals surface area contributed by atoms with Gasteiger partial charge in [-0.05, 0) is 18.6 Å². The lowest BCUT2D eigenvalue weighted by Crippen LogP contribution is -2.12. The second-order valence-corrected chi connectivity index (χ2v) is 3.99. The highest BCUT2D eigenvalue weighted by atomic mass is 79.9. The summed E-state index contributed by atoms with van der Waals surface area (Å²) in [7, 11) is 0. The van der Waals surface area contributed by atoms with Gasteiger partial charge in [0.2, 0.25) is 0 Å². The normalized spacial score (nSPS) is 12.4. The van der Waals surface area contributed by atoms with Crippen LogP contribution in [0.15, 0.2) is 22.8 Å². The fourth-order valence-corrected chi connectivity index (χ4v) is 1.65. The highest BCUT2D eigenvalue weighted by Crippen LogP contribution is 2.22. The number of halogens is 1. The molecular formula is C10H12BrNO2. The Morgan fingerprint density at radius 2 is 2.43 bits per heavy atom. The Balaban J connectivity index is 2.93. The first-order valence-electron chi connectivity index (χ1n) is 4.49. The van der Waals surface area contributed by atoms with E-state index in [1.54, 1.807) is 18.3 Å². The molecule has 1 aromatic heterocycles. The molecule has 0 spiro atoms. The summed E-state index contributed by atoms with van der Waals surface area (Å²) in [6.45, 7) is 1.97. The van der Waals surface area contributed by atoms with E-state index in [4.69, 9.17) is 5.11 Å². The number of carboxylic acids is 1. The minimum atomic E-state index is -0.808. The molecule has 1 rings (SSSR count). The van der Waals surface area contributed by atoms with Crippen molar-refractivity contribution in [3.05, 3.63) is 28.5 Å². The van der Waals surface area contributed by atoms with Crippen molar-refractivity contribution in [1.29, 1.82) is 0 Å². The third-order valence-corrected chi connectivity index (χ3v) is 2.47. The molecule has 14 heavy (non-hydrogen) atoms. The molecule has 1 heterocycles. The average molecular weight is 258 g/mol. The van der Waals surface area contributed by atoms with Crippen LogP contribution in [0.1, 0.15) is 31.4 Å². The third-order valence-electron chi connectivity index (χ3n) is 1.98. The van der Waals surface area contributed by atoms with Gasteiger partial charge in [0.15, 0.2) is 0 Å². The molecule has 76 valence electrons. The number of hydrogen-bond donors (Lipinski definition) is 1. The molecule has 1 atom stereocenters. The Hall–Kier alpha value is -0.900. The minimum absolute atomic E-state index is 0.488. The number of nitrogens with zero attached hydrogens (tertiary/aromatic N) is 1. The van der Waals surface area contributed by atoms with Gasteiger partial charge in [0.25, 0.3) is 0 Å². The largest absolute Gasteiger partial charge is 0.481 e. The second-order valence-electron chi connectivity index (χ2n) is 3.08. The van der Waals surface area contributed by atoms with Crippen molar-refractivity contribution < 1.29 is 9.90 Å². The van der Waals surface area contributed by atoms with E-state index in [9.17, 15) is 4.79 Å². The van der Waals surface area contributed by atoms with Gasteiger partial charge in [-0.3, -0.25) is 9.78 Å². The topological polar surface area (TPSA) is 50.2 Å². The zero-order chi connectivity index (χ0) is 10.6. The molecule has 0 aliphatic rings. The summed E-state index contributed by atoms with van der Waals surface area (Å²) in [4.78, 5) is 15.0. The van der Waals surface area contributed by atoms with E-state index in [0.717, 1.165) is 10.9 Å².